The molecule has 0 saturated heterocycles. The van der Waals surface area contributed by atoms with Gasteiger partial charge in [0.05, 0.1) is 5.57 Å². The van der Waals surface area contributed by atoms with Crippen LogP contribution in [0.2, 0.25) is 0 Å². The first-order chi connectivity index (χ1) is 6.41. The number of hydrogen-bond donors (Lipinski definition) is 0. The predicted molar refractivity (Wildman–Crippen MR) is 53.0 cm³/mol. The summed E-state index contributed by atoms with van der Waals surface area (Å²) in [7, 11) is 0. The van der Waals surface area contributed by atoms with E-state index in [2.05, 4.69) is 13.2 Å². The molecule has 0 aromatic rings. The average Bonchev–Trinajstić information content (AvgIpc) is 2.08. The first-order valence-electron chi connectivity index (χ1n) is 4.51. The van der Waals surface area contributed by atoms with Gasteiger partial charge in [-0.05, 0) is 18.9 Å². The monoisotopic (exact) mass is 204 g/mol. The Balaban J connectivity index is 4.45. The number of hydrogen-bond acceptors (Lipinski definition) is 0. The zero-order valence-electron chi connectivity index (χ0n) is 8.32. The van der Waals surface area contributed by atoms with Crippen molar-refractivity contribution in [1.29, 1.82) is 0 Å². The van der Waals surface area contributed by atoms with E-state index in [1.54, 1.807) is 0 Å². The molecule has 3 heteroatoms. The number of unbranched alkanes of at least 4 members (excludes halogenated alkanes) is 1. The summed E-state index contributed by atoms with van der Waals surface area (Å²) in [5.41, 5.74) is -0.224. The Labute approximate surface area is 82.8 Å². The van der Waals surface area contributed by atoms with E-state index in [-0.39, 0.29) is 0 Å². The third-order valence-corrected chi connectivity index (χ3v) is 1.76. The van der Waals surface area contributed by atoms with Crippen molar-refractivity contribution in [3.63, 3.8) is 0 Å². The summed E-state index contributed by atoms with van der Waals surface area (Å²) in [5.74, 6) is 0. The van der Waals surface area contributed by atoms with Gasteiger partial charge in [0.25, 0.3) is 0 Å². The van der Waals surface area contributed by atoms with Gasteiger partial charge in [0.1, 0.15) is 0 Å². The van der Waals surface area contributed by atoms with Crippen LogP contribution in [-0.4, -0.2) is 6.18 Å². The molecule has 0 aliphatic rings. The maximum absolute atomic E-state index is 12.2. The van der Waals surface area contributed by atoms with E-state index < -0.39 is 11.7 Å². The van der Waals surface area contributed by atoms with Crippen LogP contribution < -0.4 is 0 Å². The highest BCUT2D eigenvalue weighted by molar-refractivity contribution is 5.30. The summed E-state index contributed by atoms with van der Waals surface area (Å²) >= 11 is 0. The molecule has 0 aliphatic heterocycles. The van der Waals surface area contributed by atoms with Crippen molar-refractivity contribution < 1.29 is 13.2 Å². The Morgan fingerprint density at radius 3 is 2.29 bits per heavy atom. The minimum Gasteiger partial charge on any atom is -0.166 e. The van der Waals surface area contributed by atoms with Crippen LogP contribution in [0.25, 0.3) is 0 Å². The van der Waals surface area contributed by atoms with E-state index >= 15 is 0 Å². The number of alkyl halides is 3. The molecule has 0 amide bonds. The molecule has 0 saturated carbocycles. The van der Waals surface area contributed by atoms with Gasteiger partial charge in [-0.1, -0.05) is 38.2 Å². The second kappa shape index (κ2) is 5.68. The first kappa shape index (κ1) is 13.0. The highest BCUT2D eigenvalue weighted by Crippen LogP contribution is 2.27. The van der Waals surface area contributed by atoms with Gasteiger partial charge in [0.2, 0.25) is 0 Å². The van der Waals surface area contributed by atoms with E-state index in [1.807, 2.05) is 6.92 Å². The van der Waals surface area contributed by atoms with Gasteiger partial charge in [-0.25, -0.2) is 0 Å². The van der Waals surface area contributed by atoms with Gasteiger partial charge in [-0.15, -0.1) is 0 Å². The molecule has 14 heavy (non-hydrogen) atoms. The van der Waals surface area contributed by atoms with Gasteiger partial charge in [0, 0.05) is 0 Å². The minimum atomic E-state index is -4.32. The Kier molecular flexibility index (Phi) is 5.28. The molecule has 0 fully saturated rings. The predicted octanol–water partition coefficient (Wildman–Crippen LogP) is 4.41. The summed E-state index contributed by atoms with van der Waals surface area (Å²) in [5, 5.41) is 0. The van der Waals surface area contributed by atoms with E-state index in [4.69, 9.17) is 0 Å². The van der Waals surface area contributed by atoms with Gasteiger partial charge in [0.15, 0.2) is 0 Å². The molecule has 0 atom stereocenters. The highest BCUT2D eigenvalue weighted by Gasteiger charge is 2.31. The van der Waals surface area contributed by atoms with E-state index in [0.29, 0.717) is 12.0 Å². The molecular formula is C11H15F3. The lowest BCUT2D eigenvalue weighted by Crippen LogP contribution is -2.09. The number of halogens is 3. The van der Waals surface area contributed by atoms with Crippen LogP contribution in [0.3, 0.4) is 0 Å². The molecule has 0 spiro atoms. The van der Waals surface area contributed by atoms with Crippen LogP contribution in [0.15, 0.2) is 36.5 Å². The quantitative estimate of drug-likeness (QED) is 0.582. The van der Waals surface area contributed by atoms with Crippen LogP contribution >= 0.6 is 0 Å². The standard InChI is InChI=1S/C11H15F3/c1-4-6-7-9(3)8-10(5-2)11(12,13)14/h5,8H,2-4,6-7H2,1H3. The topological polar surface area (TPSA) is 0 Å². The molecular weight excluding hydrogens is 189 g/mol. The molecule has 0 unspecified atom stereocenters. The van der Waals surface area contributed by atoms with Crippen molar-refractivity contribution in [2.45, 2.75) is 32.4 Å². The summed E-state index contributed by atoms with van der Waals surface area (Å²) < 4.78 is 36.7. The fraction of sp³-hybridized carbons (Fsp3) is 0.455. The van der Waals surface area contributed by atoms with Crippen molar-refractivity contribution in [1.82, 2.24) is 0 Å². The highest BCUT2D eigenvalue weighted by atomic mass is 19.4. The lowest BCUT2D eigenvalue weighted by Gasteiger charge is -2.08. The molecule has 0 radical (unpaired) electrons. The first-order valence-corrected chi connectivity index (χ1v) is 4.51. The molecule has 0 nitrogen and oxygen atoms in total. The number of allylic oxidation sites excluding steroid dienone is 4. The van der Waals surface area contributed by atoms with Crippen molar-refractivity contribution >= 4 is 0 Å². The smallest absolute Gasteiger partial charge is 0.166 e. The summed E-state index contributed by atoms with van der Waals surface area (Å²) in [6.45, 7) is 8.68. The van der Waals surface area contributed by atoms with Crippen LogP contribution in [0, 0.1) is 0 Å². The van der Waals surface area contributed by atoms with E-state index in [1.165, 1.54) is 0 Å². The fourth-order valence-corrected chi connectivity index (χ4v) is 0.952. The van der Waals surface area contributed by atoms with Crippen LogP contribution in [0.5, 0.6) is 0 Å². The zero-order chi connectivity index (χ0) is 11.2. The van der Waals surface area contributed by atoms with Crippen LogP contribution in [0.4, 0.5) is 13.2 Å². The lowest BCUT2D eigenvalue weighted by molar-refractivity contribution is -0.0882. The lowest BCUT2D eigenvalue weighted by atomic mass is 10.1. The number of rotatable bonds is 5. The van der Waals surface area contributed by atoms with Crippen LogP contribution in [-0.2, 0) is 0 Å². The van der Waals surface area contributed by atoms with Gasteiger partial charge in [-0.3, -0.25) is 0 Å². The SMILES string of the molecule is C=CC(=CC(=C)CCCC)C(F)(F)F. The fourth-order valence-electron chi connectivity index (χ4n) is 0.952. The Morgan fingerprint density at radius 1 is 1.36 bits per heavy atom. The van der Waals surface area contributed by atoms with Crippen molar-refractivity contribution in [2.24, 2.45) is 0 Å². The summed E-state index contributed by atoms with van der Waals surface area (Å²) in [4.78, 5) is 0. The van der Waals surface area contributed by atoms with Crippen molar-refractivity contribution in [3.8, 4) is 0 Å². The summed E-state index contributed by atoms with van der Waals surface area (Å²) in [6, 6.07) is 0. The van der Waals surface area contributed by atoms with Gasteiger partial charge >= 0.3 is 6.18 Å². The van der Waals surface area contributed by atoms with Crippen molar-refractivity contribution in [3.05, 3.63) is 36.5 Å². The molecule has 0 N–H and O–H groups in total. The molecule has 0 heterocycles. The molecule has 0 bridgehead atoms. The van der Waals surface area contributed by atoms with E-state index in [0.717, 1.165) is 25.0 Å². The van der Waals surface area contributed by atoms with E-state index in [9.17, 15) is 13.2 Å². The molecule has 0 rings (SSSR count). The Morgan fingerprint density at radius 2 is 1.93 bits per heavy atom. The Hall–Kier alpha value is -0.990. The molecule has 80 valence electrons. The largest absolute Gasteiger partial charge is 0.416 e. The van der Waals surface area contributed by atoms with Crippen LogP contribution in [0.1, 0.15) is 26.2 Å². The maximum Gasteiger partial charge on any atom is 0.416 e. The second-order valence-corrected chi connectivity index (χ2v) is 3.06. The van der Waals surface area contributed by atoms with Gasteiger partial charge < -0.3 is 0 Å². The third kappa shape index (κ3) is 4.90. The molecule has 0 aromatic carbocycles. The third-order valence-electron chi connectivity index (χ3n) is 1.76. The molecule has 0 aliphatic carbocycles. The summed E-state index contributed by atoms with van der Waals surface area (Å²) in [6.07, 6.45) is -0.0411. The normalized spacial score (nSPS) is 12.7. The maximum atomic E-state index is 12.2. The van der Waals surface area contributed by atoms with Gasteiger partial charge in [-0.2, -0.15) is 13.2 Å². The minimum absolute atomic E-state index is 0.499. The van der Waals surface area contributed by atoms with Crippen molar-refractivity contribution in [2.75, 3.05) is 0 Å². The zero-order valence-corrected chi connectivity index (χ0v) is 8.32. The Bertz CT molecular complexity index is 233. The average molecular weight is 204 g/mol. The molecule has 0 aromatic heterocycles. The second-order valence-electron chi connectivity index (χ2n) is 3.06.